The molecular formula is C30H27N3O4S. The van der Waals surface area contributed by atoms with Gasteiger partial charge in [-0.05, 0) is 42.5 Å². The van der Waals surface area contributed by atoms with E-state index in [1.54, 1.807) is 19.2 Å². The SMILES string of the molecule is COc1ccc(N2CCN(Cc3c(O)ccc4cc(-c5nc(-c6ccccc6)cs5)c(=O)oc34)CC2)cc1. The summed E-state index contributed by atoms with van der Waals surface area (Å²) in [6, 6.07) is 23.2. The van der Waals surface area contributed by atoms with E-state index < -0.39 is 5.63 Å². The summed E-state index contributed by atoms with van der Waals surface area (Å²) in [6.45, 7) is 3.87. The maximum absolute atomic E-state index is 13.1. The fourth-order valence-electron chi connectivity index (χ4n) is 4.85. The lowest BCUT2D eigenvalue weighted by Gasteiger charge is -2.36. The van der Waals surface area contributed by atoms with E-state index in [4.69, 9.17) is 9.15 Å². The lowest BCUT2D eigenvalue weighted by atomic mass is 10.1. The van der Waals surface area contributed by atoms with Gasteiger partial charge in [0.25, 0.3) is 0 Å². The van der Waals surface area contributed by atoms with E-state index in [0.717, 1.165) is 54.3 Å². The molecule has 0 amide bonds. The Balaban J connectivity index is 1.22. The van der Waals surface area contributed by atoms with Gasteiger partial charge >= 0.3 is 5.63 Å². The van der Waals surface area contributed by atoms with E-state index in [0.29, 0.717) is 28.3 Å². The average molecular weight is 526 g/mol. The Morgan fingerprint density at radius 1 is 1.00 bits per heavy atom. The molecule has 1 N–H and O–H groups in total. The molecule has 3 heterocycles. The number of ether oxygens (including phenoxy) is 1. The van der Waals surface area contributed by atoms with E-state index in [2.05, 4.69) is 26.9 Å². The van der Waals surface area contributed by atoms with E-state index in [9.17, 15) is 9.90 Å². The van der Waals surface area contributed by atoms with Gasteiger partial charge in [0.15, 0.2) is 0 Å². The highest BCUT2D eigenvalue weighted by Crippen LogP contribution is 2.33. The van der Waals surface area contributed by atoms with Crippen molar-refractivity contribution in [3.63, 3.8) is 0 Å². The van der Waals surface area contributed by atoms with Crippen LogP contribution < -0.4 is 15.3 Å². The van der Waals surface area contributed by atoms with Crippen molar-refractivity contribution in [2.24, 2.45) is 0 Å². The number of hydrogen-bond acceptors (Lipinski definition) is 8. The Labute approximate surface area is 224 Å². The summed E-state index contributed by atoms with van der Waals surface area (Å²) < 4.78 is 11.1. The van der Waals surface area contributed by atoms with E-state index in [1.807, 2.05) is 53.9 Å². The van der Waals surface area contributed by atoms with Gasteiger partial charge in [-0.2, -0.15) is 0 Å². The summed E-state index contributed by atoms with van der Waals surface area (Å²) >= 11 is 1.42. The van der Waals surface area contributed by atoms with Gasteiger partial charge in [-0.15, -0.1) is 11.3 Å². The molecule has 0 radical (unpaired) electrons. The molecule has 8 heteroatoms. The second kappa shape index (κ2) is 10.3. The third kappa shape index (κ3) is 4.76. The molecule has 192 valence electrons. The normalized spacial score (nSPS) is 14.2. The number of piperazine rings is 1. The van der Waals surface area contributed by atoms with Gasteiger partial charge in [-0.3, -0.25) is 4.90 Å². The van der Waals surface area contributed by atoms with Crippen molar-refractivity contribution in [2.75, 3.05) is 38.2 Å². The van der Waals surface area contributed by atoms with Crippen molar-refractivity contribution >= 4 is 28.0 Å². The fourth-order valence-corrected chi connectivity index (χ4v) is 5.69. The van der Waals surface area contributed by atoms with Crippen LogP contribution >= 0.6 is 11.3 Å². The fraction of sp³-hybridized carbons (Fsp3) is 0.200. The summed E-state index contributed by atoms with van der Waals surface area (Å²) in [7, 11) is 1.67. The Morgan fingerprint density at radius 2 is 1.76 bits per heavy atom. The predicted octanol–water partition coefficient (Wildman–Crippen LogP) is 5.62. The molecule has 1 saturated heterocycles. The highest BCUT2D eigenvalue weighted by atomic mass is 32.1. The average Bonchev–Trinajstić information content (AvgIpc) is 3.46. The zero-order valence-electron chi connectivity index (χ0n) is 21.0. The van der Waals surface area contributed by atoms with E-state index >= 15 is 0 Å². The summed E-state index contributed by atoms with van der Waals surface area (Å²) in [5.41, 5.74) is 4.01. The third-order valence-corrected chi connectivity index (χ3v) is 7.85. The first-order valence-corrected chi connectivity index (χ1v) is 13.4. The zero-order valence-corrected chi connectivity index (χ0v) is 21.8. The van der Waals surface area contributed by atoms with E-state index in [-0.39, 0.29) is 5.75 Å². The van der Waals surface area contributed by atoms with Crippen LogP contribution in [0.4, 0.5) is 5.69 Å². The van der Waals surface area contributed by atoms with Crippen molar-refractivity contribution < 1.29 is 14.3 Å². The third-order valence-electron chi connectivity index (χ3n) is 6.98. The monoisotopic (exact) mass is 525 g/mol. The first kappa shape index (κ1) is 24.2. The number of benzene rings is 3. The molecule has 2 aromatic heterocycles. The minimum atomic E-state index is -0.456. The van der Waals surface area contributed by atoms with Gasteiger partial charge in [-0.25, -0.2) is 9.78 Å². The summed E-state index contributed by atoms with van der Waals surface area (Å²) in [4.78, 5) is 22.4. The van der Waals surface area contributed by atoms with Gasteiger partial charge in [0.1, 0.15) is 22.1 Å². The number of methoxy groups -OCH3 is 1. The minimum absolute atomic E-state index is 0.131. The van der Waals surface area contributed by atoms with Gasteiger partial charge in [0.05, 0.1) is 23.9 Å². The molecule has 7 nitrogen and oxygen atoms in total. The first-order valence-electron chi connectivity index (χ1n) is 12.5. The quantitative estimate of drug-likeness (QED) is 0.288. The Kier molecular flexibility index (Phi) is 6.57. The molecule has 1 aliphatic rings. The predicted molar refractivity (Wildman–Crippen MR) is 151 cm³/mol. The second-order valence-corrected chi connectivity index (χ2v) is 10.2. The highest BCUT2D eigenvalue weighted by Gasteiger charge is 2.22. The van der Waals surface area contributed by atoms with Crippen LogP contribution in [-0.2, 0) is 6.54 Å². The summed E-state index contributed by atoms with van der Waals surface area (Å²) in [5.74, 6) is 0.974. The molecule has 0 unspecified atom stereocenters. The van der Waals surface area contributed by atoms with Gasteiger partial charge in [-0.1, -0.05) is 30.3 Å². The van der Waals surface area contributed by atoms with Crippen molar-refractivity contribution in [1.29, 1.82) is 0 Å². The maximum atomic E-state index is 13.1. The molecule has 3 aromatic carbocycles. The van der Waals surface area contributed by atoms with Gasteiger partial charge < -0.3 is 19.2 Å². The Bertz CT molecular complexity index is 1620. The molecule has 1 fully saturated rings. The number of nitrogens with zero attached hydrogens (tertiary/aromatic N) is 3. The molecule has 0 aliphatic carbocycles. The molecule has 0 atom stereocenters. The van der Waals surface area contributed by atoms with Crippen LogP contribution in [0.2, 0.25) is 0 Å². The first-order chi connectivity index (χ1) is 18.6. The smallest absolute Gasteiger partial charge is 0.346 e. The van der Waals surface area contributed by atoms with Crippen molar-refractivity contribution in [1.82, 2.24) is 9.88 Å². The molecule has 5 aromatic rings. The zero-order chi connectivity index (χ0) is 26.1. The van der Waals surface area contributed by atoms with Crippen molar-refractivity contribution in [3.8, 4) is 33.3 Å². The van der Waals surface area contributed by atoms with Crippen molar-refractivity contribution in [2.45, 2.75) is 6.54 Å². The van der Waals surface area contributed by atoms with E-state index in [1.165, 1.54) is 11.3 Å². The van der Waals surface area contributed by atoms with Crippen LogP contribution in [0.15, 0.2) is 87.4 Å². The number of phenols is 1. The lowest BCUT2D eigenvalue weighted by Crippen LogP contribution is -2.46. The number of fused-ring (bicyclic) bond motifs is 1. The Hall–Kier alpha value is -4.14. The molecule has 38 heavy (non-hydrogen) atoms. The molecular weight excluding hydrogens is 498 g/mol. The van der Waals surface area contributed by atoms with Crippen LogP contribution in [0.3, 0.4) is 0 Å². The van der Waals surface area contributed by atoms with Crippen LogP contribution in [-0.4, -0.2) is 48.3 Å². The molecule has 1 aliphatic heterocycles. The molecule has 0 spiro atoms. The van der Waals surface area contributed by atoms with Crippen LogP contribution in [0.25, 0.3) is 32.8 Å². The number of aromatic hydroxyl groups is 1. The van der Waals surface area contributed by atoms with Crippen LogP contribution in [0, 0.1) is 0 Å². The lowest BCUT2D eigenvalue weighted by molar-refractivity contribution is 0.246. The maximum Gasteiger partial charge on any atom is 0.346 e. The summed E-state index contributed by atoms with van der Waals surface area (Å²) in [6.07, 6.45) is 0. The number of hydrogen-bond donors (Lipinski definition) is 1. The van der Waals surface area contributed by atoms with Crippen LogP contribution in [0.5, 0.6) is 11.5 Å². The Morgan fingerprint density at radius 3 is 2.50 bits per heavy atom. The number of rotatable bonds is 6. The van der Waals surface area contributed by atoms with Gasteiger partial charge in [0, 0.05) is 54.7 Å². The number of thiazole rings is 1. The number of aromatic nitrogens is 1. The molecule has 6 rings (SSSR count). The van der Waals surface area contributed by atoms with Crippen molar-refractivity contribution in [3.05, 3.63) is 94.2 Å². The standard InChI is InChI=1S/C30H27N3O4S/c1-36-23-10-8-22(9-11-23)33-15-13-32(14-16-33)18-25-27(34)12-7-21-17-24(30(35)37-28(21)25)29-31-26(19-38-29)20-5-3-2-4-6-20/h2-12,17,19,34H,13-16,18H2,1H3. The highest BCUT2D eigenvalue weighted by molar-refractivity contribution is 7.13. The van der Waals surface area contributed by atoms with Crippen LogP contribution in [0.1, 0.15) is 5.56 Å². The molecule has 0 saturated carbocycles. The summed E-state index contributed by atoms with van der Waals surface area (Å²) in [5, 5.41) is 14.0. The second-order valence-electron chi connectivity index (χ2n) is 9.29. The minimum Gasteiger partial charge on any atom is -0.507 e. The number of anilines is 1. The van der Waals surface area contributed by atoms with Gasteiger partial charge in [0.2, 0.25) is 0 Å². The topological polar surface area (TPSA) is 79.0 Å². The largest absolute Gasteiger partial charge is 0.507 e. The molecule has 0 bridgehead atoms. The number of phenolic OH excluding ortho intramolecular Hbond substituents is 1.